The van der Waals surface area contributed by atoms with Crippen molar-refractivity contribution in [2.75, 3.05) is 32.8 Å². The summed E-state index contributed by atoms with van der Waals surface area (Å²) in [7, 11) is 0. The molecule has 0 aliphatic heterocycles. The number of hydrogen-bond acceptors (Lipinski definition) is 5. The number of carboxylic acid groups (broad SMARTS) is 1. The van der Waals surface area contributed by atoms with Crippen LogP contribution in [0.25, 0.3) is 0 Å². The standard InChI is InChI=1S/C8H15N3O5/c9-3-6(12)11-4-7(13)10-1-2-16-5-8(14)15/h1-5,9H2,(H,10,13)(H,11,12)(H,14,15). The Morgan fingerprint density at radius 2 is 1.88 bits per heavy atom. The molecule has 0 radical (unpaired) electrons. The minimum atomic E-state index is -1.07. The Kier molecular flexibility index (Phi) is 7.72. The third kappa shape index (κ3) is 8.91. The summed E-state index contributed by atoms with van der Waals surface area (Å²) in [6.45, 7) is -0.447. The van der Waals surface area contributed by atoms with Crippen LogP contribution < -0.4 is 16.4 Å². The zero-order chi connectivity index (χ0) is 12.4. The van der Waals surface area contributed by atoms with E-state index in [-0.39, 0.29) is 32.1 Å². The van der Waals surface area contributed by atoms with Crippen LogP contribution in [-0.2, 0) is 19.1 Å². The summed E-state index contributed by atoms with van der Waals surface area (Å²) in [5.41, 5.74) is 5.01. The molecule has 0 saturated carbocycles. The lowest BCUT2D eigenvalue weighted by molar-refractivity contribution is -0.142. The van der Waals surface area contributed by atoms with Crippen molar-refractivity contribution in [1.29, 1.82) is 0 Å². The van der Waals surface area contributed by atoms with Gasteiger partial charge in [0.2, 0.25) is 11.8 Å². The van der Waals surface area contributed by atoms with Gasteiger partial charge in [-0.1, -0.05) is 0 Å². The summed E-state index contributed by atoms with van der Waals surface area (Å²) < 4.78 is 4.67. The van der Waals surface area contributed by atoms with Crippen LogP contribution in [0.1, 0.15) is 0 Å². The Morgan fingerprint density at radius 1 is 1.19 bits per heavy atom. The molecular weight excluding hydrogens is 218 g/mol. The molecule has 0 saturated heterocycles. The van der Waals surface area contributed by atoms with Crippen LogP contribution in [0.5, 0.6) is 0 Å². The van der Waals surface area contributed by atoms with E-state index in [9.17, 15) is 14.4 Å². The largest absolute Gasteiger partial charge is 0.480 e. The first kappa shape index (κ1) is 14.3. The quantitative estimate of drug-likeness (QED) is 0.337. The molecule has 0 heterocycles. The van der Waals surface area contributed by atoms with Gasteiger partial charge in [0.1, 0.15) is 6.61 Å². The van der Waals surface area contributed by atoms with Gasteiger partial charge in [0, 0.05) is 6.54 Å². The molecule has 8 nitrogen and oxygen atoms in total. The van der Waals surface area contributed by atoms with E-state index < -0.39 is 18.5 Å². The first-order valence-electron chi connectivity index (χ1n) is 4.59. The van der Waals surface area contributed by atoms with E-state index in [2.05, 4.69) is 15.4 Å². The topological polar surface area (TPSA) is 131 Å². The van der Waals surface area contributed by atoms with Crippen molar-refractivity contribution in [2.24, 2.45) is 5.73 Å². The number of carbonyl (C=O) groups is 3. The van der Waals surface area contributed by atoms with Crippen LogP contribution >= 0.6 is 0 Å². The number of rotatable bonds is 8. The highest BCUT2D eigenvalue weighted by molar-refractivity contribution is 5.85. The summed E-state index contributed by atoms with van der Waals surface area (Å²) in [6, 6.07) is 0. The second-order valence-electron chi connectivity index (χ2n) is 2.78. The molecule has 0 fully saturated rings. The average molecular weight is 233 g/mol. The number of hydrogen-bond donors (Lipinski definition) is 4. The lowest BCUT2D eigenvalue weighted by Crippen LogP contribution is -2.40. The molecule has 0 aromatic rings. The van der Waals surface area contributed by atoms with Crippen molar-refractivity contribution in [2.45, 2.75) is 0 Å². The van der Waals surface area contributed by atoms with Crippen molar-refractivity contribution >= 4 is 17.8 Å². The van der Waals surface area contributed by atoms with Crippen LogP contribution in [0, 0.1) is 0 Å². The molecule has 0 aliphatic rings. The highest BCUT2D eigenvalue weighted by Crippen LogP contribution is 1.74. The molecular formula is C8H15N3O5. The molecule has 92 valence electrons. The molecule has 0 bridgehead atoms. The molecule has 0 aliphatic carbocycles. The SMILES string of the molecule is NCC(=O)NCC(=O)NCCOCC(=O)O. The van der Waals surface area contributed by atoms with Crippen LogP contribution in [0.2, 0.25) is 0 Å². The minimum Gasteiger partial charge on any atom is -0.480 e. The Morgan fingerprint density at radius 3 is 2.44 bits per heavy atom. The zero-order valence-electron chi connectivity index (χ0n) is 8.69. The highest BCUT2D eigenvalue weighted by atomic mass is 16.5. The fraction of sp³-hybridized carbons (Fsp3) is 0.625. The zero-order valence-corrected chi connectivity index (χ0v) is 8.69. The van der Waals surface area contributed by atoms with Crippen LogP contribution in [-0.4, -0.2) is 55.7 Å². The van der Waals surface area contributed by atoms with Crippen molar-refractivity contribution in [1.82, 2.24) is 10.6 Å². The van der Waals surface area contributed by atoms with Gasteiger partial charge in [-0.15, -0.1) is 0 Å². The Hall–Kier alpha value is -1.67. The van der Waals surface area contributed by atoms with Gasteiger partial charge in [-0.25, -0.2) is 4.79 Å². The molecule has 8 heteroatoms. The smallest absolute Gasteiger partial charge is 0.329 e. The molecule has 0 aromatic carbocycles. The van der Waals surface area contributed by atoms with Crippen LogP contribution in [0.4, 0.5) is 0 Å². The van der Waals surface area contributed by atoms with Gasteiger partial charge < -0.3 is 26.2 Å². The van der Waals surface area contributed by atoms with Gasteiger partial charge in [0.05, 0.1) is 19.7 Å². The van der Waals surface area contributed by atoms with Gasteiger partial charge in [-0.05, 0) is 0 Å². The number of nitrogens with one attached hydrogen (secondary N) is 2. The molecule has 0 unspecified atom stereocenters. The predicted molar refractivity (Wildman–Crippen MR) is 53.5 cm³/mol. The van der Waals surface area contributed by atoms with E-state index in [4.69, 9.17) is 10.8 Å². The fourth-order valence-electron chi connectivity index (χ4n) is 0.736. The van der Waals surface area contributed by atoms with Gasteiger partial charge >= 0.3 is 5.97 Å². The monoisotopic (exact) mass is 233 g/mol. The molecule has 5 N–H and O–H groups in total. The van der Waals surface area contributed by atoms with Gasteiger partial charge in [0.15, 0.2) is 0 Å². The van der Waals surface area contributed by atoms with E-state index in [1.54, 1.807) is 0 Å². The third-order valence-corrected chi connectivity index (χ3v) is 1.43. The molecule has 0 atom stereocenters. The maximum atomic E-state index is 11.0. The number of carbonyl (C=O) groups excluding carboxylic acids is 2. The Balaban J connectivity index is 3.37. The van der Waals surface area contributed by atoms with Crippen molar-refractivity contribution in [3.63, 3.8) is 0 Å². The molecule has 0 aromatic heterocycles. The van der Waals surface area contributed by atoms with Gasteiger partial charge in [0.25, 0.3) is 0 Å². The summed E-state index contributed by atoms with van der Waals surface area (Å²) in [6.07, 6.45) is 0. The van der Waals surface area contributed by atoms with Crippen LogP contribution in [0.15, 0.2) is 0 Å². The second-order valence-corrected chi connectivity index (χ2v) is 2.78. The molecule has 16 heavy (non-hydrogen) atoms. The number of amides is 2. The first-order valence-corrected chi connectivity index (χ1v) is 4.59. The highest BCUT2D eigenvalue weighted by Gasteiger charge is 2.03. The lowest BCUT2D eigenvalue weighted by Gasteiger charge is -2.05. The second kappa shape index (κ2) is 8.62. The van der Waals surface area contributed by atoms with E-state index in [0.29, 0.717) is 0 Å². The van der Waals surface area contributed by atoms with Crippen molar-refractivity contribution < 1.29 is 24.2 Å². The maximum Gasteiger partial charge on any atom is 0.329 e. The van der Waals surface area contributed by atoms with Crippen LogP contribution in [0.3, 0.4) is 0 Å². The Bertz CT molecular complexity index is 256. The number of ether oxygens (including phenoxy) is 1. The normalized spacial score (nSPS) is 9.56. The first-order chi connectivity index (χ1) is 7.56. The number of carboxylic acids is 1. The third-order valence-electron chi connectivity index (χ3n) is 1.43. The van der Waals surface area contributed by atoms with E-state index in [0.717, 1.165) is 0 Å². The number of nitrogens with two attached hydrogens (primary N) is 1. The molecule has 0 rings (SSSR count). The Labute approximate surface area is 92.1 Å². The maximum absolute atomic E-state index is 11.0. The fourth-order valence-corrected chi connectivity index (χ4v) is 0.736. The van der Waals surface area contributed by atoms with Gasteiger partial charge in [-0.2, -0.15) is 0 Å². The number of aliphatic carboxylic acids is 1. The van der Waals surface area contributed by atoms with E-state index >= 15 is 0 Å². The predicted octanol–water partition coefficient (Wildman–Crippen LogP) is -2.72. The summed E-state index contributed by atoms with van der Waals surface area (Å²) in [4.78, 5) is 31.7. The summed E-state index contributed by atoms with van der Waals surface area (Å²) >= 11 is 0. The summed E-state index contributed by atoms with van der Waals surface area (Å²) in [5, 5.41) is 12.9. The van der Waals surface area contributed by atoms with Gasteiger partial charge in [-0.3, -0.25) is 9.59 Å². The molecule has 0 spiro atoms. The average Bonchev–Trinajstić information content (AvgIpc) is 2.24. The lowest BCUT2D eigenvalue weighted by atomic mass is 10.5. The van der Waals surface area contributed by atoms with Crippen molar-refractivity contribution in [3.05, 3.63) is 0 Å². The van der Waals surface area contributed by atoms with E-state index in [1.165, 1.54) is 0 Å². The van der Waals surface area contributed by atoms with E-state index in [1.807, 2.05) is 0 Å². The van der Waals surface area contributed by atoms with Crippen molar-refractivity contribution in [3.8, 4) is 0 Å². The minimum absolute atomic E-state index is 0.100. The summed E-state index contributed by atoms with van der Waals surface area (Å²) in [5.74, 6) is -1.88. The molecule has 2 amide bonds.